The second kappa shape index (κ2) is 8.13. The van der Waals surface area contributed by atoms with Gasteiger partial charge in [-0.2, -0.15) is 0 Å². The third-order valence-electron chi connectivity index (χ3n) is 4.20. The van der Waals surface area contributed by atoms with Crippen LogP contribution in [0.4, 0.5) is 0 Å². The van der Waals surface area contributed by atoms with Crippen LogP contribution in [0, 0.1) is 0 Å². The van der Waals surface area contributed by atoms with E-state index in [2.05, 4.69) is 10.2 Å². The molecular formula is C18H22N2O5. The Morgan fingerprint density at radius 2 is 2.08 bits per heavy atom. The quantitative estimate of drug-likeness (QED) is 0.793. The van der Waals surface area contributed by atoms with Crippen molar-refractivity contribution < 1.29 is 18.7 Å². The first-order valence-corrected chi connectivity index (χ1v) is 8.37. The molecule has 1 amide bonds. The van der Waals surface area contributed by atoms with Crippen LogP contribution < -0.4 is 15.5 Å². The Morgan fingerprint density at radius 1 is 1.28 bits per heavy atom. The van der Waals surface area contributed by atoms with Crippen LogP contribution in [0.25, 0.3) is 11.0 Å². The molecule has 2 aromatic rings. The van der Waals surface area contributed by atoms with Gasteiger partial charge in [-0.15, -0.1) is 0 Å². The van der Waals surface area contributed by atoms with Crippen molar-refractivity contribution >= 4 is 16.9 Å². The van der Waals surface area contributed by atoms with Crippen LogP contribution in [0.5, 0.6) is 5.75 Å². The number of carbonyl (C=O) groups is 1. The van der Waals surface area contributed by atoms with E-state index in [-0.39, 0.29) is 17.1 Å². The lowest BCUT2D eigenvalue weighted by molar-refractivity contribution is 0.0374. The van der Waals surface area contributed by atoms with Gasteiger partial charge in [-0.1, -0.05) is 0 Å². The molecule has 0 radical (unpaired) electrons. The lowest BCUT2D eigenvalue weighted by Gasteiger charge is -2.26. The highest BCUT2D eigenvalue weighted by Gasteiger charge is 2.13. The van der Waals surface area contributed by atoms with E-state index in [0.717, 1.165) is 39.3 Å². The topological polar surface area (TPSA) is 81.0 Å². The Hall–Kier alpha value is -2.38. The molecule has 1 aromatic carbocycles. The summed E-state index contributed by atoms with van der Waals surface area (Å²) in [7, 11) is 1.53. The molecule has 1 N–H and O–H groups in total. The summed E-state index contributed by atoms with van der Waals surface area (Å²) in [4.78, 5) is 26.7. The van der Waals surface area contributed by atoms with Crippen LogP contribution in [0.1, 0.15) is 17.0 Å². The van der Waals surface area contributed by atoms with Crippen LogP contribution >= 0.6 is 0 Å². The summed E-state index contributed by atoms with van der Waals surface area (Å²) in [5.41, 5.74) is 0.0905. The van der Waals surface area contributed by atoms with Crippen LogP contribution in [0.2, 0.25) is 0 Å². The van der Waals surface area contributed by atoms with Gasteiger partial charge < -0.3 is 19.2 Å². The SMILES string of the molecule is COc1ccc2c(=O)cc(C(=O)NCCCN3CCOCC3)oc2c1. The van der Waals surface area contributed by atoms with Crippen LogP contribution in [-0.4, -0.2) is 57.3 Å². The van der Waals surface area contributed by atoms with Crippen molar-refractivity contribution in [3.8, 4) is 5.75 Å². The van der Waals surface area contributed by atoms with Gasteiger partial charge in [0.15, 0.2) is 11.2 Å². The molecule has 7 nitrogen and oxygen atoms in total. The molecule has 0 saturated carbocycles. The fourth-order valence-electron chi connectivity index (χ4n) is 2.79. The van der Waals surface area contributed by atoms with E-state index < -0.39 is 0 Å². The third kappa shape index (κ3) is 4.37. The first kappa shape index (κ1) is 17.4. The fourth-order valence-corrected chi connectivity index (χ4v) is 2.79. The molecule has 0 bridgehead atoms. The van der Waals surface area contributed by atoms with Gasteiger partial charge in [0.1, 0.15) is 11.3 Å². The van der Waals surface area contributed by atoms with Gasteiger partial charge in [-0.05, 0) is 25.1 Å². The number of nitrogens with one attached hydrogen (secondary N) is 1. The average molecular weight is 346 g/mol. The molecule has 1 fully saturated rings. The molecule has 0 aliphatic carbocycles. The highest BCUT2D eigenvalue weighted by molar-refractivity contribution is 5.93. The molecule has 25 heavy (non-hydrogen) atoms. The molecule has 1 aromatic heterocycles. The third-order valence-corrected chi connectivity index (χ3v) is 4.20. The van der Waals surface area contributed by atoms with Gasteiger partial charge in [0.25, 0.3) is 5.91 Å². The second-order valence-corrected chi connectivity index (χ2v) is 5.90. The second-order valence-electron chi connectivity index (χ2n) is 5.90. The normalized spacial score (nSPS) is 15.2. The van der Waals surface area contributed by atoms with Crippen molar-refractivity contribution in [1.82, 2.24) is 10.2 Å². The molecule has 1 aliphatic heterocycles. The smallest absolute Gasteiger partial charge is 0.287 e. The zero-order valence-electron chi connectivity index (χ0n) is 14.2. The standard InChI is InChI=1S/C18H22N2O5/c1-23-13-3-4-14-15(21)12-17(25-16(14)11-13)18(22)19-5-2-6-20-7-9-24-10-8-20/h3-4,11-12H,2,5-10H2,1H3,(H,19,22). The van der Waals surface area contributed by atoms with E-state index in [1.54, 1.807) is 18.2 Å². The van der Waals surface area contributed by atoms with Crippen molar-refractivity contribution in [3.63, 3.8) is 0 Å². The summed E-state index contributed by atoms with van der Waals surface area (Å²) in [6.45, 7) is 4.80. The van der Waals surface area contributed by atoms with Crippen LogP contribution in [0.15, 0.2) is 33.5 Å². The highest BCUT2D eigenvalue weighted by atomic mass is 16.5. The number of fused-ring (bicyclic) bond motifs is 1. The summed E-state index contributed by atoms with van der Waals surface area (Å²) in [6, 6.07) is 6.15. The van der Waals surface area contributed by atoms with E-state index in [9.17, 15) is 9.59 Å². The Bertz CT molecular complexity index is 796. The molecule has 0 atom stereocenters. The maximum absolute atomic E-state index is 12.2. The number of rotatable bonds is 6. The van der Waals surface area contributed by atoms with E-state index in [1.165, 1.54) is 13.2 Å². The Morgan fingerprint density at radius 3 is 2.84 bits per heavy atom. The summed E-state index contributed by atoms with van der Waals surface area (Å²) < 4.78 is 16.0. The van der Waals surface area contributed by atoms with Crippen molar-refractivity contribution in [1.29, 1.82) is 0 Å². The number of hydrogen-bond acceptors (Lipinski definition) is 6. The molecular weight excluding hydrogens is 324 g/mol. The first-order chi connectivity index (χ1) is 12.2. The van der Waals surface area contributed by atoms with Crippen LogP contribution in [0.3, 0.4) is 0 Å². The number of carbonyl (C=O) groups excluding carboxylic acids is 1. The average Bonchev–Trinajstić information content (AvgIpc) is 2.65. The Kier molecular flexibility index (Phi) is 5.67. The minimum absolute atomic E-state index is 0.0112. The van der Waals surface area contributed by atoms with Gasteiger partial charge in [-0.3, -0.25) is 14.5 Å². The number of ether oxygens (including phenoxy) is 2. The molecule has 0 spiro atoms. The van der Waals surface area contributed by atoms with Gasteiger partial charge >= 0.3 is 0 Å². The molecule has 7 heteroatoms. The summed E-state index contributed by atoms with van der Waals surface area (Å²) in [5, 5.41) is 3.22. The Balaban J connectivity index is 1.60. The summed E-state index contributed by atoms with van der Waals surface area (Å²) in [6.07, 6.45) is 0.831. The first-order valence-electron chi connectivity index (χ1n) is 8.37. The van der Waals surface area contributed by atoms with Gasteiger partial charge in [0.2, 0.25) is 0 Å². The molecule has 2 heterocycles. The van der Waals surface area contributed by atoms with Gasteiger partial charge in [-0.25, -0.2) is 0 Å². The lowest BCUT2D eigenvalue weighted by atomic mass is 10.2. The lowest BCUT2D eigenvalue weighted by Crippen LogP contribution is -2.38. The van der Waals surface area contributed by atoms with E-state index in [0.29, 0.717) is 23.3 Å². The van der Waals surface area contributed by atoms with Crippen molar-refractivity contribution in [2.24, 2.45) is 0 Å². The number of methoxy groups -OCH3 is 1. The minimum atomic E-state index is -0.385. The van der Waals surface area contributed by atoms with E-state index in [4.69, 9.17) is 13.9 Å². The van der Waals surface area contributed by atoms with Gasteiger partial charge in [0, 0.05) is 31.8 Å². The molecule has 0 unspecified atom stereocenters. The van der Waals surface area contributed by atoms with Crippen molar-refractivity contribution in [2.45, 2.75) is 6.42 Å². The number of morpholine rings is 1. The predicted molar refractivity (Wildman–Crippen MR) is 93.2 cm³/mol. The zero-order chi connectivity index (χ0) is 17.6. The van der Waals surface area contributed by atoms with Crippen LogP contribution in [-0.2, 0) is 4.74 Å². The number of benzene rings is 1. The highest BCUT2D eigenvalue weighted by Crippen LogP contribution is 2.19. The van der Waals surface area contributed by atoms with Gasteiger partial charge in [0.05, 0.1) is 25.7 Å². The summed E-state index contributed by atoms with van der Waals surface area (Å²) in [5.74, 6) is 0.194. The molecule has 1 saturated heterocycles. The maximum Gasteiger partial charge on any atom is 0.287 e. The maximum atomic E-state index is 12.2. The molecule has 3 rings (SSSR count). The molecule has 1 aliphatic rings. The number of nitrogens with zero attached hydrogens (tertiary/aromatic N) is 1. The molecule has 134 valence electrons. The Labute approximate surface area is 145 Å². The van der Waals surface area contributed by atoms with E-state index >= 15 is 0 Å². The zero-order valence-corrected chi connectivity index (χ0v) is 14.2. The van der Waals surface area contributed by atoms with Crippen molar-refractivity contribution in [3.05, 3.63) is 40.2 Å². The summed E-state index contributed by atoms with van der Waals surface area (Å²) >= 11 is 0. The van der Waals surface area contributed by atoms with E-state index in [1.807, 2.05) is 0 Å². The number of hydrogen-bond donors (Lipinski definition) is 1. The van der Waals surface area contributed by atoms with Crippen molar-refractivity contribution in [2.75, 3.05) is 46.5 Å². The minimum Gasteiger partial charge on any atom is -0.497 e. The largest absolute Gasteiger partial charge is 0.497 e. The monoisotopic (exact) mass is 346 g/mol. The predicted octanol–water partition coefficient (Wildman–Crippen LogP) is 1.25. The fraction of sp³-hybridized carbons (Fsp3) is 0.444. The number of amides is 1.